The highest BCUT2D eigenvalue weighted by molar-refractivity contribution is 6.97. The first-order chi connectivity index (χ1) is 6.50. The monoisotopic (exact) mass is 220 g/mol. The van der Waals surface area contributed by atoms with E-state index < -0.39 is 16.9 Å². The van der Waals surface area contributed by atoms with Crippen LogP contribution in [0.15, 0.2) is 18.2 Å². The molecule has 1 heterocycles. The molecule has 0 N–H and O–H groups in total. The van der Waals surface area contributed by atoms with Gasteiger partial charge in [-0.2, -0.15) is 0 Å². The summed E-state index contributed by atoms with van der Waals surface area (Å²) in [6.07, 6.45) is 0. The van der Waals surface area contributed by atoms with Gasteiger partial charge in [0.15, 0.2) is 0 Å². The molecule has 0 saturated heterocycles. The third-order valence-electron chi connectivity index (χ3n) is 3.67. The van der Waals surface area contributed by atoms with E-state index in [0.29, 0.717) is 0 Å². The van der Waals surface area contributed by atoms with E-state index >= 15 is 0 Å². The zero-order valence-electron chi connectivity index (χ0n) is 9.72. The molecule has 0 spiro atoms. The van der Waals surface area contributed by atoms with Crippen LogP contribution >= 0.6 is 0 Å². The Morgan fingerprint density at radius 3 is 2.71 bits per heavy atom. The molecule has 2 heteroatoms. The Morgan fingerprint density at radius 1 is 1.29 bits per heavy atom. The molecule has 0 bridgehead atoms. The fourth-order valence-corrected chi connectivity index (χ4v) is 12.2. The predicted octanol–water partition coefficient (Wildman–Crippen LogP) is 1.99. The molecular formula is C12H20Si2. The molecule has 0 aromatic heterocycles. The molecule has 0 saturated carbocycles. The van der Waals surface area contributed by atoms with Gasteiger partial charge in [0, 0.05) is 0 Å². The van der Waals surface area contributed by atoms with Gasteiger partial charge in [-0.25, -0.2) is 0 Å². The van der Waals surface area contributed by atoms with Crippen molar-refractivity contribution in [2.24, 2.45) is 0 Å². The largest absolute Gasteiger partial charge is 0.0802 e. The minimum absolute atomic E-state index is 0.560. The van der Waals surface area contributed by atoms with Gasteiger partial charge in [-0.3, -0.25) is 0 Å². The standard InChI is InChI=1S/C12H20Si2/c1-10-5-6-11-12(9-10)14(3,4)8-7-13(11)2/h5-6,9,13H,7-8H2,1-4H3. The molecule has 2 rings (SSSR count). The summed E-state index contributed by atoms with van der Waals surface area (Å²) in [4.78, 5) is 0. The zero-order chi connectivity index (χ0) is 10.3. The maximum absolute atomic E-state index is 2.53. The van der Waals surface area contributed by atoms with Crippen LogP contribution in [0.3, 0.4) is 0 Å². The SMILES string of the molecule is Cc1ccc2c(c1)[Si](C)(C)CC[SiH]2C. The predicted molar refractivity (Wildman–Crippen MR) is 70.6 cm³/mol. The molecule has 14 heavy (non-hydrogen) atoms. The van der Waals surface area contributed by atoms with Crippen LogP contribution in [0, 0.1) is 6.92 Å². The molecule has 76 valence electrons. The molecule has 1 atom stereocenters. The van der Waals surface area contributed by atoms with Gasteiger partial charge in [-0.1, -0.05) is 65.9 Å². The number of hydrogen-bond acceptors (Lipinski definition) is 0. The van der Waals surface area contributed by atoms with Crippen molar-refractivity contribution < 1.29 is 0 Å². The average Bonchev–Trinajstić information content (AvgIpc) is 2.12. The Labute approximate surface area is 90.0 Å². The van der Waals surface area contributed by atoms with Crippen molar-refractivity contribution in [1.29, 1.82) is 0 Å². The second-order valence-corrected chi connectivity index (χ2v) is 13.2. The molecule has 1 aliphatic rings. The van der Waals surface area contributed by atoms with Gasteiger partial charge in [-0.15, -0.1) is 0 Å². The zero-order valence-corrected chi connectivity index (χ0v) is 11.9. The number of fused-ring (bicyclic) bond motifs is 1. The first kappa shape index (κ1) is 10.2. The van der Waals surface area contributed by atoms with Gasteiger partial charge in [0.1, 0.15) is 0 Å². The van der Waals surface area contributed by atoms with Crippen molar-refractivity contribution in [2.75, 3.05) is 0 Å². The van der Waals surface area contributed by atoms with Crippen LogP contribution < -0.4 is 10.4 Å². The molecule has 0 nitrogen and oxygen atoms in total. The summed E-state index contributed by atoms with van der Waals surface area (Å²) < 4.78 is 0. The number of aryl methyl sites for hydroxylation is 1. The van der Waals surface area contributed by atoms with E-state index in [1.54, 1.807) is 10.4 Å². The van der Waals surface area contributed by atoms with E-state index in [-0.39, 0.29) is 0 Å². The highest BCUT2D eigenvalue weighted by atomic mass is 28.3. The van der Waals surface area contributed by atoms with E-state index in [9.17, 15) is 0 Å². The van der Waals surface area contributed by atoms with Gasteiger partial charge < -0.3 is 0 Å². The summed E-state index contributed by atoms with van der Waals surface area (Å²) >= 11 is 0. The molecule has 1 aliphatic heterocycles. The van der Waals surface area contributed by atoms with Crippen LogP contribution in [0.5, 0.6) is 0 Å². The molecular weight excluding hydrogens is 200 g/mol. The lowest BCUT2D eigenvalue weighted by Crippen LogP contribution is -2.58. The van der Waals surface area contributed by atoms with Crippen molar-refractivity contribution in [2.45, 2.75) is 38.7 Å². The van der Waals surface area contributed by atoms with Crippen LogP contribution in [-0.4, -0.2) is 16.9 Å². The minimum Gasteiger partial charge on any atom is -0.0680 e. The lowest BCUT2D eigenvalue weighted by Gasteiger charge is -2.34. The lowest BCUT2D eigenvalue weighted by atomic mass is 10.2. The van der Waals surface area contributed by atoms with Gasteiger partial charge >= 0.3 is 0 Å². The van der Waals surface area contributed by atoms with E-state index in [0.717, 1.165) is 0 Å². The lowest BCUT2D eigenvalue weighted by molar-refractivity contribution is 1.31. The molecule has 0 aliphatic carbocycles. The fraction of sp³-hybridized carbons (Fsp3) is 0.500. The highest BCUT2D eigenvalue weighted by Crippen LogP contribution is 2.19. The van der Waals surface area contributed by atoms with Crippen LogP contribution in [-0.2, 0) is 0 Å². The summed E-state index contributed by atoms with van der Waals surface area (Å²) in [5.41, 5.74) is 1.45. The van der Waals surface area contributed by atoms with E-state index in [1.807, 2.05) is 0 Å². The molecule has 1 aromatic rings. The average molecular weight is 220 g/mol. The quantitative estimate of drug-likeness (QED) is 0.587. The van der Waals surface area contributed by atoms with Crippen LogP contribution in [0.25, 0.3) is 0 Å². The van der Waals surface area contributed by atoms with Crippen LogP contribution in [0.1, 0.15) is 5.56 Å². The number of rotatable bonds is 0. The van der Waals surface area contributed by atoms with E-state index in [4.69, 9.17) is 0 Å². The van der Waals surface area contributed by atoms with Crippen molar-refractivity contribution in [3.05, 3.63) is 23.8 Å². The topological polar surface area (TPSA) is 0 Å². The maximum Gasteiger partial charge on any atom is 0.0802 e. The fourth-order valence-electron chi connectivity index (χ4n) is 2.55. The first-order valence-electron chi connectivity index (χ1n) is 5.62. The molecule has 1 aromatic carbocycles. The molecule has 0 amide bonds. The highest BCUT2D eigenvalue weighted by Gasteiger charge is 2.32. The van der Waals surface area contributed by atoms with Crippen molar-refractivity contribution >= 4 is 27.2 Å². The smallest absolute Gasteiger partial charge is 0.0680 e. The Kier molecular flexibility index (Phi) is 2.44. The third kappa shape index (κ3) is 1.61. The summed E-state index contributed by atoms with van der Waals surface area (Å²) in [6.45, 7) is 9.81. The van der Waals surface area contributed by atoms with Crippen LogP contribution in [0.2, 0.25) is 31.7 Å². The maximum atomic E-state index is 2.53. The third-order valence-corrected chi connectivity index (χ3v) is 10.7. The van der Waals surface area contributed by atoms with E-state index in [1.165, 1.54) is 17.7 Å². The van der Waals surface area contributed by atoms with Crippen molar-refractivity contribution in [3.63, 3.8) is 0 Å². The van der Waals surface area contributed by atoms with Gasteiger partial charge in [0.2, 0.25) is 0 Å². The number of hydrogen-bond donors (Lipinski definition) is 0. The van der Waals surface area contributed by atoms with Crippen molar-refractivity contribution in [3.8, 4) is 0 Å². The second kappa shape index (κ2) is 3.35. The summed E-state index contributed by atoms with van der Waals surface area (Å²) in [7, 11) is -1.61. The number of benzene rings is 1. The van der Waals surface area contributed by atoms with Gasteiger partial charge in [-0.05, 0) is 6.92 Å². The molecule has 1 unspecified atom stereocenters. The Morgan fingerprint density at radius 2 is 2.00 bits per heavy atom. The Balaban J connectivity index is 2.58. The van der Waals surface area contributed by atoms with E-state index in [2.05, 4.69) is 44.8 Å². The second-order valence-electron chi connectivity index (χ2n) is 5.41. The Hall–Kier alpha value is -0.346. The summed E-state index contributed by atoms with van der Waals surface area (Å²) in [5.74, 6) is 0. The first-order valence-corrected chi connectivity index (χ1v) is 11.4. The van der Waals surface area contributed by atoms with Crippen molar-refractivity contribution in [1.82, 2.24) is 0 Å². The minimum atomic E-state index is -1.05. The van der Waals surface area contributed by atoms with Crippen LogP contribution in [0.4, 0.5) is 0 Å². The van der Waals surface area contributed by atoms with Gasteiger partial charge in [0.05, 0.1) is 16.9 Å². The van der Waals surface area contributed by atoms with Gasteiger partial charge in [0.25, 0.3) is 0 Å². The molecule has 0 fully saturated rings. The summed E-state index contributed by atoms with van der Waals surface area (Å²) in [5, 5.41) is 3.56. The normalized spacial score (nSPS) is 24.4. The Bertz CT molecular complexity index is 355. The molecule has 0 radical (unpaired) electrons. The summed E-state index contributed by atoms with van der Waals surface area (Å²) in [6, 6.07) is 10.3.